The summed E-state index contributed by atoms with van der Waals surface area (Å²) in [5.74, 6) is -3.03. The quantitative estimate of drug-likeness (QED) is 0.0217. The van der Waals surface area contributed by atoms with Gasteiger partial charge in [0.2, 0.25) is 29.5 Å². The molecule has 22 nitrogen and oxygen atoms in total. The number of hydrogen-bond donors (Lipinski definition) is 6. The number of likely N-dealkylation sites (tertiary alicyclic amines) is 1. The first-order valence-electron chi connectivity index (χ1n) is 29.9. The highest BCUT2D eigenvalue weighted by Gasteiger charge is 2.53. The predicted molar refractivity (Wildman–Crippen MR) is 326 cm³/mol. The average Bonchev–Trinajstić information content (AvgIpc) is 1.63. The van der Waals surface area contributed by atoms with Crippen LogP contribution in [0.15, 0.2) is 84.8 Å². The Hall–Kier alpha value is -8.11. The van der Waals surface area contributed by atoms with Crippen LogP contribution in [0.4, 0.5) is 29.1 Å². The third-order valence-electron chi connectivity index (χ3n) is 15.8. The van der Waals surface area contributed by atoms with Crippen molar-refractivity contribution in [3.05, 3.63) is 107 Å². The fourth-order valence-corrected chi connectivity index (χ4v) is 11.8. The third-order valence-corrected chi connectivity index (χ3v) is 16.8. The summed E-state index contributed by atoms with van der Waals surface area (Å²) < 4.78 is 76.0. The Balaban J connectivity index is 0.662. The van der Waals surface area contributed by atoms with Crippen molar-refractivity contribution in [2.75, 3.05) is 76.5 Å². The van der Waals surface area contributed by atoms with Gasteiger partial charge in [0.25, 0.3) is 5.91 Å². The molecule has 2 fully saturated rings. The second-order valence-electron chi connectivity index (χ2n) is 23.6. The first kappa shape index (κ1) is 66.3. The van der Waals surface area contributed by atoms with Crippen LogP contribution < -0.4 is 36.6 Å². The number of fused-ring (bicyclic) bond motifs is 2. The number of amides is 6. The van der Waals surface area contributed by atoms with E-state index in [4.69, 9.17) is 19.9 Å². The molecule has 6 aromatic rings. The Morgan fingerprint density at radius 3 is 2.27 bits per heavy atom. The lowest BCUT2D eigenvalue weighted by Gasteiger charge is -2.36. The van der Waals surface area contributed by atoms with E-state index in [2.05, 4.69) is 41.0 Å². The molecule has 90 heavy (non-hydrogen) atoms. The number of aliphatic hydroxyl groups is 1. The topological polar surface area (TPSA) is 284 Å². The number of halogens is 4. The Morgan fingerprint density at radius 1 is 0.856 bits per heavy atom. The summed E-state index contributed by atoms with van der Waals surface area (Å²) in [6.45, 7) is 9.68. The van der Waals surface area contributed by atoms with Gasteiger partial charge in [0.1, 0.15) is 35.6 Å². The minimum absolute atomic E-state index is 0.0598. The molecule has 482 valence electrons. The second-order valence-corrected chi connectivity index (χ2v) is 24.5. The van der Waals surface area contributed by atoms with E-state index in [1.54, 1.807) is 37.2 Å². The van der Waals surface area contributed by atoms with Crippen LogP contribution in [0.2, 0.25) is 0 Å². The molecule has 6 amide bonds. The number of hydrogen-bond acceptors (Lipinski definition) is 16. The van der Waals surface area contributed by atoms with Crippen molar-refractivity contribution < 1.29 is 70.4 Å². The number of anilines is 2. The largest absolute Gasteiger partial charge is 0.573 e. The van der Waals surface area contributed by atoms with Gasteiger partial charge in [0, 0.05) is 63.0 Å². The monoisotopic (exact) mass is 1270 g/mol. The van der Waals surface area contributed by atoms with Crippen LogP contribution in [-0.2, 0) is 62.4 Å². The lowest BCUT2D eigenvalue weighted by atomic mass is 9.85. The third kappa shape index (κ3) is 17.2. The Kier molecular flexibility index (Phi) is 21.5. The number of nitrogens with two attached hydrogens (primary N) is 1. The molecule has 1 saturated carbocycles. The lowest BCUT2D eigenvalue weighted by Crippen LogP contribution is -2.59. The molecule has 0 unspecified atom stereocenters. The number of aliphatic hydroxyl groups excluding tert-OH is 1. The molecular formula is C63H75F4N11O11S. The van der Waals surface area contributed by atoms with Crippen molar-refractivity contribution >= 4 is 69.3 Å². The number of thiazole rings is 1. The maximum Gasteiger partial charge on any atom is 0.573 e. The molecule has 1 aliphatic carbocycles. The lowest BCUT2D eigenvalue weighted by molar-refractivity contribution is -0.274. The molecule has 2 aliphatic heterocycles. The molecule has 0 spiro atoms. The van der Waals surface area contributed by atoms with Crippen molar-refractivity contribution in [3.8, 4) is 27.3 Å². The number of carbonyl (C=O) groups is 6. The summed E-state index contributed by atoms with van der Waals surface area (Å²) in [5.41, 5.74) is 11.9. The van der Waals surface area contributed by atoms with E-state index in [9.17, 15) is 51.4 Å². The normalized spacial score (nSPS) is 16.8. The van der Waals surface area contributed by atoms with E-state index in [-0.39, 0.29) is 109 Å². The second kappa shape index (κ2) is 29.2. The zero-order valence-corrected chi connectivity index (χ0v) is 51.4. The standard InChI is InChI=1S/C63H75F4N11O11S/c1-38-54(90-37-73-38)41-11-9-40(10-12-41)47(74-58(83)49-32-44(79)34-78(49)59(84)55(61(2,3)4)75-60(85)62(64)17-18-62)33-51(81)70-20-24-87-26-28-88-27-25-86-23-16-50(80)69-19-6-21-76-35-46(53-56(68)71-36-72-57(53)76)42-13-14-48-43(31-42)15-22-77(48)52(82)30-39-7-5-8-45(29-39)89-63(65,66)67/h5,7-14,29,31,35-37,44,47,49,55,79H,6,15-28,30,32-34H2,1-4H3,(H,69,80)(H,70,81)(H,74,83)(H,75,85)(H2,68,71,72)/t44-,47+,49+,55+/m1/s1. The van der Waals surface area contributed by atoms with Crippen LogP contribution >= 0.6 is 11.3 Å². The fraction of sp³-hybridized carbons (Fsp3) is 0.476. The molecule has 27 heteroatoms. The van der Waals surface area contributed by atoms with Crippen molar-refractivity contribution in [1.82, 2.24) is 45.7 Å². The number of carbonyl (C=O) groups excluding carboxylic acids is 6. The van der Waals surface area contributed by atoms with Crippen LogP contribution in [0.1, 0.15) is 87.7 Å². The van der Waals surface area contributed by atoms with E-state index in [0.29, 0.717) is 66.1 Å². The van der Waals surface area contributed by atoms with Crippen LogP contribution in [-0.4, -0.2) is 161 Å². The van der Waals surface area contributed by atoms with Crippen molar-refractivity contribution in [2.45, 2.75) is 122 Å². The zero-order chi connectivity index (χ0) is 64.3. The molecule has 0 bridgehead atoms. The molecule has 0 radical (unpaired) electrons. The summed E-state index contributed by atoms with van der Waals surface area (Å²) in [5, 5.41) is 22.7. The van der Waals surface area contributed by atoms with Crippen molar-refractivity contribution in [2.24, 2.45) is 5.41 Å². The van der Waals surface area contributed by atoms with E-state index in [1.165, 1.54) is 40.8 Å². The maximum atomic E-state index is 14.8. The fourth-order valence-electron chi connectivity index (χ4n) is 11.0. The summed E-state index contributed by atoms with van der Waals surface area (Å²) in [7, 11) is 0. The van der Waals surface area contributed by atoms with Gasteiger partial charge in [-0.25, -0.2) is 19.3 Å². The highest BCUT2D eigenvalue weighted by Crippen LogP contribution is 2.41. The molecule has 3 aromatic carbocycles. The van der Waals surface area contributed by atoms with Gasteiger partial charge in [-0.2, -0.15) is 0 Å². The molecule has 3 aromatic heterocycles. The molecule has 9 rings (SSSR count). The Bertz CT molecular complexity index is 3540. The number of aryl methyl sites for hydroxylation is 2. The molecule has 5 heterocycles. The number of nitrogens with zero attached hydrogens (tertiary/aromatic N) is 6. The van der Waals surface area contributed by atoms with Crippen LogP contribution in [0.25, 0.3) is 32.6 Å². The Morgan fingerprint density at radius 2 is 1.57 bits per heavy atom. The first-order valence-corrected chi connectivity index (χ1v) is 30.8. The minimum atomic E-state index is -4.85. The van der Waals surface area contributed by atoms with Gasteiger partial charge in [0.05, 0.1) is 86.1 Å². The summed E-state index contributed by atoms with van der Waals surface area (Å²) >= 11 is 1.48. The Labute approximate surface area is 521 Å². The van der Waals surface area contributed by atoms with Crippen molar-refractivity contribution in [1.29, 1.82) is 0 Å². The van der Waals surface area contributed by atoms with Gasteiger partial charge in [0.15, 0.2) is 5.67 Å². The number of β-amino-alcohol motifs (C(OH)–C–C–N with tert-alkyl or cyclic N) is 1. The molecule has 7 N–H and O–H groups in total. The van der Waals surface area contributed by atoms with E-state index in [0.717, 1.165) is 32.8 Å². The highest BCUT2D eigenvalue weighted by atomic mass is 32.1. The van der Waals surface area contributed by atoms with Gasteiger partial charge < -0.3 is 65.4 Å². The zero-order valence-electron chi connectivity index (χ0n) is 50.5. The summed E-state index contributed by atoms with van der Waals surface area (Å²) in [6, 6.07) is 15.3. The molecule has 3 aliphatic rings. The number of ether oxygens (including phenoxy) is 4. The number of nitrogen functional groups attached to an aromatic ring is 1. The van der Waals surface area contributed by atoms with Crippen LogP contribution in [0, 0.1) is 12.3 Å². The van der Waals surface area contributed by atoms with E-state index < -0.39 is 65.1 Å². The number of alkyl halides is 4. The molecule has 4 atom stereocenters. The molecular weight excluding hydrogens is 1190 g/mol. The van der Waals surface area contributed by atoms with E-state index >= 15 is 0 Å². The number of benzene rings is 3. The van der Waals surface area contributed by atoms with Crippen LogP contribution in [0.5, 0.6) is 5.75 Å². The number of aromatic nitrogens is 4. The predicted octanol–water partition coefficient (Wildman–Crippen LogP) is 6.45. The number of nitrogens with one attached hydrogen (secondary N) is 4. The maximum absolute atomic E-state index is 14.8. The minimum Gasteiger partial charge on any atom is -0.406 e. The highest BCUT2D eigenvalue weighted by molar-refractivity contribution is 7.13. The molecule has 1 saturated heterocycles. The van der Waals surface area contributed by atoms with E-state index in [1.807, 2.05) is 60.2 Å². The summed E-state index contributed by atoms with van der Waals surface area (Å²) in [6.07, 6.45) is -1.51. The first-order chi connectivity index (χ1) is 42.9. The van der Waals surface area contributed by atoms with Gasteiger partial charge in [-0.3, -0.25) is 28.8 Å². The van der Waals surface area contributed by atoms with Gasteiger partial charge in [-0.1, -0.05) is 63.2 Å². The SMILES string of the molecule is Cc1ncsc1-c1ccc([C@H](CC(=O)NCCOCCOCCOCCC(=O)NCCCn2cc(-c3ccc4c(c3)CCN4C(=O)Cc3cccc(OC(F)(F)F)c3)c3c(N)ncnc32)NC(=O)[C@@H]2C[C@@H](O)CN2C(=O)[C@H](NC(=O)C2(F)CC2)C(C)(C)C)cc1. The number of rotatable bonds is 29. The van der Waals surface area contributed by atoms with Gasteiger partial charge in [-0.05, 0) is 90.1 Å². The smallest absolute Gasteiger partial charge is 0.406 e. The van der Waals surface area contributed by atoms with Gasteiger partial charge in [-0.15, -0.1) is 24.5 Å². The van der Waals surface area contributed by atoms with Gasteiger partial charge >= 0.3 is 6.36 Å². The van der Waals surface area contributed by atoms with Crippen LogP contribution in [0.3, 0.4) is 0 Å². The van der Waals surface area contributed by atoms with Crippen molar-refractivity contribution in [3.63, 3.8) is 0 Å². The average molecular weight is 1270 g/mol. The summed E-state index contributed by atoms with van der Waals surface area (Å²) in [4.78, 5) is 97.5.